The van der Waals surface area contributed by atoms with Gasteiger partial charge in [0.15, 0.2) is 17.4 Å². The van der Waals surface area contributed by atoms with Crippen LogP contribution in [0.25, 0.3) is 0 Å². The van der Waals surface area contributed by atoms with E-state index in [0.29, 0.717) is 23.5 Å². The van der Waals surface area contributed by atoms with E-state index < -0.39 is 24.0 Å². The summed E-state index contributed by atoms with van der Waals surface area (Å²) in [6.45, 7) is -0.267. The third-order valence-electron chi connectivity index (χ3n) is 6.12. The molecule has 0 aromatic heterocycles. The van der Waals surface area contributed by atoms with E-state index in [1.54, 1.807) is 0 Å². The highest BCUT2D eigenvalue weighted by Gasteiger charge is 2.36. The molecule has 2 fully saturated rings. The summed E-state index contributed by atoms with van der Waals surface area (Å²) >= 11 is 0. The quantitative estimate of drug-likeness (QED) is 0.395. The van der Waals surface area contributed by atoms with Crippen molar-refractivity contribution >= 4 is 0 Å². The van der Waals surface area contributed by atoms with Crippen molar-refractivity contribution in [3.05, 3.63) is 29.3 Å². The van der Waals surface area contributed by atoms with Gasteiger partial charge in [-0.15, -0.1) is 0 Å². The molecule has 2 aliphatic carbocycles. The molecule has 0 amide bonds. The van der Waals surface area contributed by atoms with Crippen molar-refractivity contribution in [1.29, 1.82) is 0 Å². The van der Waals surface area contributed by atoms with Crippen molar-refractivity contribution in [3.8, 4) is 5.75 Å². The number of benzene rings is 1. The second-order valence-electron chi connectivity index (χ2n) is 7.88. The van der Waals surface area contributed by atoms with E-state index in [4.69, 9.17) is 4.74 Å². The van der Waals surface area contributed by atoms with Gasteiger partial charge in [-0.1, -0.05) is 13.3 Å². The lowest BCUT2D eigenvalue weighted by atomic mass is 9.65. The summed E-state index contributed by atoms with van der Waals surface area (Å²) in [5, 5.41) is 0. The van der Waals surface area contributed by atoms with Crippen LogP contribution in [0.4, 0.5) is 17.6 Å². The highest BCUT2D eigenvalue weighted by atomic mass is 19.3. The third kappa shape index (κ3) is 5.15. The van der Waals surface area contributed by atoms with Gasteiger partial charge in [0.05, 0.1) is 6.10 Å². The molecule has 2 saturated carbocycles. The first-order chi connectivity index (χ1) is 13.0. The fourth-order valence-corrected chi connectivity index (χ4v) is 4.71. The Kier molecular flexibility index (Phi) is 7.01. The molecule has 0 saturated heterocycles. The Morgan fingerprint density at radius 3 is 2.33 bits per heavy atom. The molecule has 1 aromatic rings. The standard InChI is InChI=1S/C21H28F4O2/c1-2-3-8-26-17-7-6-13-9-14(4-5-15(13)10-17)16-11-18(22)20(19(23)12-16)27-21(24)25/h11-15,17,21H,2-10H2,1H3. The van der Waals surface area contributed by atoms with Gasteiger partial charge in [-0.2, -0.15) is 8.78 Å². The number of rotatable bonds is 7. The van der Waals surface area contributed by atoms with Crippen molar-refractivity contribution < 1.29 is 27.0 Å². The summed E-state index contributed by atoms with van der Waals surface area (Å²) in [7, 11) is 0. The van der Waals surface area contributed by atoms with E-state index in [-0.39, 0.29) is 5.92 Å². The minimum Gasteiger partial charge on any atom is -0.429 e. The van der Waals surface area contributed by atoms with Crippen LogP contribution >= 0.6 is 0 Å². The topological polar surface area (TPSA) is 18.5 Å². The zero-order valence-electron chi connectivity index (χ0n) is 15.7. The normalized spacial score (nSPS) is 28.2. The Balaban J connectivity index is 1.60. The van der Waals surface area contributed by atoms with Gasteiger partial charge in [0.1, 0.15) is 0 Å². The van der Waals surface area contributed by atoms with E-state index in [0.717, 1.165) is 70.1 Å². The van der Waals surface area contributed by atoms with Crippen molar-refractivity contribution in [2.24, 2.45) is 11.8 Å². The van der Waals surface area contributed by atoms with Gasteiger partial charge in [0.25, 0.3) is 0 Å². The number of fused-ring (bicyclic) bond motifs is 1. The van der Waals surface area contributed by atoms with Crippen LogP contribution in [0.3, 0.4) is 0 Å². The molecule has 3 rings (SSSR count). The van der Waals surface area contributed by atoms with Crippen LogP contribution in [0.15, 0.2) is 12.1 Å². The van der Waals surface area contributed by atoms with Gasteiger partial charge in [0.2, 0.25) is 0 Å². The highest BCUT2D eigenvalue weighted by molar-refractivity contribution is 5.33. The number of unbranched alkanes of at least 4 members (excludes halogenated alkanes) is 1. The smallest absolute Gasteiger partial charge is 0.387 e. The molecule has 0 radical (unpaired) electrons. The molecule has 0 aliphatic heterocycles. The molecule has 2 nitrogen and oxygen atoms in total. The van der Waals surface area contributed by atoms with E-state index in [1.165, 1.54) is 0 Å². The Morgan fingerprint density at radius 1 is 1.00 bits per heavy atom. The maximum Gasteiger partial charge on any atom is 0.387 e. The number of hydrogen-bond acceptors (Lipinski definition) is 2. The van der Waals surface area contributed by atoms with E-state index in [9.17, 15) is 17.6 Å². The Labute approximate surface area is 158 Å². The molecule has 0 heterocycles. The first-order valence-electron chi connectivity index (χ1n) is 10.0. The molecule has 0 N–H and O–H groups in total. The Bertz CT molecular complexity index is 599. The highest BCUT2D eigenvalue weighted by Crippen LogP contribution is 2.47. The Hall–Kier alpha value is -1.30. The molecular formula is C21H28F4O2. The molecule has 6 heteroatoms. The summed E-state index contributed by atoms with van der Waals surface area (Å²) in [5.74, 6) is -1.89. The second kappa shape index (κ2) is 9.26. The van der Waals surface area contributed by atoms with Crippen LogP contribution in [-0.4, -0.2) is 19.3 Å². The van der Waals surface area contributed by atoms with Gasteiger partial charge in [-0.05, 0) is 80.4 Å². The fourth-order valence-electron chi connectivity index (χ4n) is 4.71. The number of halogens is 4. The first-order valence-corrected chi connectivity index (χ1v) is 10.0. The summed E-state index contributed by atoms with van der Waals surface area (Å²) in [6, 6.07) is 2.32. The molecule has 27 heavy (non-hydrogen) atoms. The SMILES string of the molecule is CCCCOC1CCC2CC(c3cc(F)c(OC(F)F)c(F)c3)CCC2C1. The summed E-state index contributed by atoms with van der Waals surface area (Å²) in [4.78, 5) is 0. The van der Waals surface area contributed by atoms with Crippen LogP contribution < -0.4 is 4.74 Å². The Morgan fingerprint density at radius 2 is 1.67 bits per heavy atom. The van der Waals surface area contributed by atoms with Crippen LogP contribution in [-0.2, 0) is 4.74 Å². The van der Waals surface area contributed by atoms with Crippen LogP contribution in [0.1, 0.15) is 69.8 Å². The molecule has 0 spiro atoms. The lowest BCUT2D eigenvalue weighted by Crippen LogP contribution is -2.34. The minimum atomic E-state index is -3.25. The van der Waals surface area contributed by atoms with E-state index in [2.05, 4.69) is 11.7 Å². The molecule has 4 unspecified atom stereocenters. The predicted molar refractivity (Wildman–Crippen MR) is 95.1 cm³/mol. The maximum absolute atomic E-state index is 14.0. The summed E-state index contributed by atoms with van der Waals surface area (Å²) < 4.78 is 62.6. The van der Waals surface area contributed by atoms with Crippen LogP contribution in [0.5, 0.6) is 5.75 Å². The summed E-state index contributed by atoms with van der Waals surface area (Å²) in [6.07, 6.45) is 8.53. The first kappa shape index (κ1) is 20.4. The van der Waals surface area contributed by atoms with Gasteiger partial charge < -0.3 is 9.47 Å². The molecule has 0 bridgehead atoms. The average molecular weight is 388 g/mol. The van der Waals surface area contributed by atoms with Gasteiger partial charge in [-0.25, -0.2) is 8.78 Å². The molecule has 1 aromatic carbocycles. The van der Waals surface area contributed by atoms with E-state index in [1.807, 2.05) is 0 Å². The third-order valence-corrected chi connectivity index (χ3v) is 6.12. The fraction of sp³-hybridized carbons (Fsp3) is 0.714. The molecular weight excluding hydrogens is 360 g/mol. The van der Waals surface area contributed by atoms with Crippen molar-refractivity contribution in [2.75, 3.05) is 6.61 Å². The zero-order chi connectivity index (χ0) is 19.4. The number of hydrogen-bond donors (Lipinski definition) is 0. The van der Waals surface area contributed by atoms with E-state index >= 15 is 0 Å². The monoisotopic (exact) mass is 388 g/mol. The van der Waals surface area contributed by atoms with Gasteiger partial charge in [-0.3, -0.25) is 0 Å². The zero-order valence-corrected chi connectivity index (χ0v) is 15.7. The average Bonchev–Trinajstić information content (AvgIpc) is 2.64. The largest absolute Gasteiger partial charge is 0.429 e. The number of alkyl halides is 2. The van der Waals surface area contributed by atoms with Crippen molar-refractivity contribution in [3.63, 3.8) is 0 Å². The predicted octanol–water partition coefficient (Wildman–Crippen LogP) is 6.44. The number of ether oxygens (including phenoxy) is 2. The molecule has 2 aliphatic rings. The van der Waals surface area contributed by atoms with Crippen molar-refractivity contribution in [2.45, 2.75) is 76.9 Å². The minimum absolute atomic E-state index is 0.0633. The lowest BCUT2D eigenvalue weighted by molar-refractivity contribution is -0.0547. The van der Waals surface area contributed by atoms with Crippen molar-refractivity contribution in [1.82, 2.24) is 0 Å². The molecule has 152 valence electrons. The second-order valence-corrected chi connectivity index (χ2v) is 7.88. The van der Waals surface area contributed by atoms with Gasteiger partial charge in [0, 0.05) is 6.61 Å². The maximum atomic E-state index is 14.0. The van der Waals surface area contributed by atoms with Crippen LogP contribution in [0, 0.1) is 23.5 Å². The summed E-state index contributed by atoms with van der Waals surface area (Å²) in [5.41, 5.74) is 0.548. The lowest BCUT2D eigenvalue weighted by Gasteiger charge is -2.42. The molecule has 4 atom stereocenters. The van der Waals surface area contributed by atoms with Crippen LogP contribution in [0.2, 0.25) is 0 Å². The van der Waals surface area contributed by atoms with Gasteiger partial charge >= 0.3 is 6.61 Å².